The lowest BCUT2D eigenvalue weighted by Gasteiger charge is -2.19. The fraction of sp³-hybridized carbons (Fsp3) is 0.556. The number of fused-ring (bicyclic) bond motifs is 3. The Balaban J connectivity index is 1.76. The van der Waals surface area contributed by atoms with Gasteiger partial charge in [-0.05, 0) is 31.8 Å². The highest BCUT2D eigenvalue weighted by atomic mass is 16.3. The largest absolute Gasteiger partial charge is 0.393 e. The SMILES string of the molecule is CC(O)CC1=CCc2ncc3nc(C4CCCCC4)cn3c21. The minimum absolute atomic E-state index is 0.325. The van der Waals surface area contributed by atoms with Crippen molar-refractivity contribution < 1.29 is 5.11 Å². The molecular weight excluding hydrogens is 274 g/mol. The second-order valence-corrected chi connectivity index (χ2v) is 6.77. The quantitative estimate of drug-likeness (QED) is 0.943. The lowest BCUT2D eigenvalue weighted by Crippen LogP contribution is -2.05. The Labute approximate surface area is 130 Å². The average molecular weight is 297 g/mol. The Morgan fingerprint density at radius 2 is 2.14 bits per heavy atom. The second-order valence-electron chi connectivity index (χ2n) is 6.77. The number of hydrogen-bond donors (Lipinski definition) is 1. The molecule has 0 spiro atoms. The van der Waals surface area contributed by atoms with E-state index in [1.165, 1.54) is 43.4 Å². The number of rotatable bonds is 3. The number of aromatic nitrogens is 3. The third kappa shape index (κ3) is 2.35. The molecule has 116 valence electrons. The Hall–Kier alpha value is -1.68. The Morgan fingerprint density at radius 1 is 1.32 bits per heavy atom. The molecule has 1 fully saturated rings. The standard InChI is InChI=1S/C18H23N3O/c1-12(22)9-14-7-8-15-18(14)21-11-16(20-17(21)10-19-15)13-5-3-2-4-6-13/h7,10-13,22H,2-6,8-9H2,1H3. The van der Waals surface area contributed by atoms with Crippen LogP contribution in [0.15, 0.2) is 18.5 Å². The Bertz CT molecular complexity index is 723. The van der Waals surface area contributed by atoms with E-state index < -0.39 is 0 Å². The molecular formula is C18H23N3O. The Kier molecular flexibility index (Phi) is 3.49. The normalized spacial score (nSPS) is 20.2. The van der Waals surface area contributed by atoms with E-state index in [4.69, 9.17) is 4.98 Å². The predicted octanol–water partition coefficient (Wildman–Crippen LogP) is 3.49. The summed E-state index contributed by atoms with van der Waals surface area (Å²) < 4.78 is 2.20. The number of nitrogens with zero attached hydrogens (tertiary/aromatic N) is 3. The fourth-order valence-corrected chi connectivity index (χ4v) is 3.92. The molecule has 1 saturated carbocycles. The summed E-state index contributed by atoms with van der Waals surface area (Å²) in [5.74, 6) is 0.606. The summed E-state index contributed by atoms with van der Waals surface area (Å²) in [5.41, 5.74) is 5.63. The highest BCUT2D eigenvalue weighted by Gasteiger charge is 2.23. The van der Waals surface area contributed by atoms with Crippen LogP contribution in [0.25, 0.3) is 11.2 Å². The third-order valence-electron chi connectivity index (χ3n) is 4.99. The zero-order valence-corrected chi connectivity index (χ0v) is 13.1. The molecule has 4 rings (SSSR count). The van der Waals surface area contributed by atoms with E-state index in [1.54, 1.807) is 0 Å². The summed E-state index contributed by atoms with van der Waals surface area (Å²) in [6, 6.07) is 0. The molecule has 22 heavy (non-hydrogen) atoms. The first-order valence-corrected chi connectivity index (χ1v) is 8.46. The smallest absolute Gasteiger partial charge is 0.156 e. The van der Waals surface area contributed by atoms with Gasteiger partial charge in [0.2, 0.25) is 0 Å². The molecule has 0 bridgehead atoms. The van der Waals surface area contributed by atoms with Crippen LogP contribution in [0.1, 0.15) is 68.4 Å². The van der Waals surface area contributed by atoms with Gasteiger partial charge in [-0.2, -0.15) is 0 Å². The van der Waals surface area contributed by atoms with Crippen LogP contribution in [-0.2, 0) is 6.42 Å². The van der Waals surface area contributed by atoms with Gasteiger partial charge in [0.15, 0.2) is 5.65 Å². The Morgan fingerprint density at radius 3 is 2.91 bits per heavy atom. The predicted molar refractivity (Wildman–Crippen MR) is 86.8 cm³/mol. The van der Waals surface area contributed by atoms with Crippen LogP contribution in [0.4, 0.5) is 0 Å². The zero-order chi connectivity index (χ0) is 15.1. The van der Waals surface area contributed by atoms with Crippen molar-refractivity contribution in [2.24, 2.45) is 0 Å². The maximum atomic E-state index is 9.73. The first-order valence-electron chi connectivity index (χ1n) is 8.46. The minimum Gasteiger partial charge on any atom is -0.393 e. The van der Waals surface area contributed by atoms with Crippen LogP contribution in [0.3, 0.4) is 0 Å². The van der Waals surface area contributed by atoms with Crippen LogP contribution in [0, 0.1) is 0 Å². The van der Waals surface area contributed by atoms with Crippen LogP contribution in [0.2, 0.25) is 0 Å². The van der Waals surface area contributed by atoms with Crippen molar-refractivity contribution in [2.45, 2.75) is 63.9 Å². The van der Waals surface area contributed by atoms with Gasteiger partial charge in [-0.1, -0.05) is 25.3 Å². The maximum Gasteiger partial charge on any atom is 0.156 e. The molecule has 4 heteroatoms. The molecule has 1 unspecified atom stereocenters. The molecule has 2 aromatic heterocycles. The van der Waals surface area contributed by atoms with Crippen molar-refractivity contribution in [2.75, 3.05) is 0 Å². The van der Waals surface area contributed by atoms with Gasteiger partial charge in [0.25, 0.3) is 0 Å². The van der Waals surface area contributed by atoms with Crippen molar-refractivity contribution in [1.82, 2.24) is 14.4 Å². The highest BCUT2D eigenvalue weighted by molar-refractivity contribution is 5.71. The number of aliphatic hydroxyl groups excluding tert-OH is 1. The van der Waals surface area contributed by atoms with Gasteiger partial charge in [-0.15, -0.1) is 0 Å². The van der Waals surface area contributed by atoms with Crippen molar-refractivity contribution in [1.29, 1.82) is 0 Å². The van der Waals surface area contributed by atoms with Gasteiger partial charge >= 0.3 is 0 Å². The van der Waals surface area contributed by atoms with Gasteiger partial charge in [0.1, 0.15) is 0 Å². The summed E-state index contributed by atoms with van der Waals surface area (Å²) in [5, 5.41) is 9.73. The fourth-order valence-electron chi connectivity index (χ4n) is 3.92. The molecule has 1 atom stereocenters. The van der Waals surface area contributed by atoms with E-state index in [2.05, 4.69) is 21.7 Å². The van der Waals surface area contributed by atoms with E-state index in [0.29, 0.717) is 12.3 Å². The summed E-state index contributed by atoms with van der Waals surface area (Å²) in [7, 11) is 0. The first kappa shape index (κ1) is 13.9. The molecule has 2 aliphatic rings. The van der Waals surface area contributed by atoms with Crippen molar-refractivity contribution in [3.8, 4) is 0 Å². The van der Waals surface area contributed by atoms with Crippen LogP contribution in [0.5, 0.6) is 0 Å². The highest BCUT2D eigenvalue weighted by Crippen LogP contribution is 2.34. The summed E-state index contributed by atoms with van der Waals surface area (Å²) in [4.78, 5) is 9.42. The number of imidazole rings is 1. The second kappa shape index (κ2) is 5.51. The van der Waals surface area contributed by atoms with E-state index >= 15 is 0 Å². The maximum absolute atomic E-state index is 9.73. The molecule has 2 heterocycles. The lowest BCUT2D eigenvalue weighted by atomic mass is 9.87. The van der Waals surface area contributed by atoms with Crippen LogP contribution < -0.4 is 0 Å². The molecule has 2 aromatic rings. The molecule has 0 aromatic carbocycles. The van der Waals surface area contributed by atoms with Crippen molar-refractivity contribution in [3.05, 3.63) is 35.6 Å². The van der Waals surface area contributed by atoms with Crippen molar-refractivity contribution >= 4 is 11.2 Å². The van der Waals surface area contributed by atoms with Gasteiger partial charge in [0.05, 0.1) is 29.4 Å². The van der Waals surface area contributed by atoms with Gasteiger partial charge in [-0.25, -0.2) is 4.98 Å². The summed E-state index contributed by atoms with van der Waals surface area (Å²) >= 11 is 0. The third-order valence-corrected chi connectivity index (χ3v) is 4.99. The first-order chi connectivity index (χ1) is 10.7. The summed E-state index contributed by atoms with van der Waals surface area (Å²) in [6.45, 7) is 1.84. The van der Waals surface area contributed by atoms with Crippen LogP contribution >= 0.6 is 0 Å². The molecule has 0 radical (unpaired) electrons. The lowest BCUT2D eigenvalue weighted by molar-refractivity contribution is 0.201. The van der Waals surface area contributed by atoms with Gasteiger partial charge < -0.3 is 5.11 Å². The van der Waals surface area contributed by atoms with E-state index in [0.717, 1.165) is 23.5 Å². The topological polar surface area (TPSA) is 50.4 Å². The van der Waals surface area contributed by atoms with Gasteiger partial charge in [-0.3, -0.25) is 9.38 Å². The average Bonchev–Trinajstić information content (AvgIpc) is 3.11. The summed E-state index contributed by atoms with van der Waals surface area (Å²) in [6.07, 6.45) is 14.1. The van der Waals surface area contributed by atoms with E-state index in [9.17, 15) is 5.11 Å². The van der Waals surface area contributed by atoms with E-state index in [1.807, 2.05) is 13.1 Å². The molecule has 0 aliphatic heterocycles. The van der Waals surface area contributed by atoms with Crippen molar-refractivity contribution in [3.63, 3.8) is 0 Å². The molecule has 1 N–H and O–H groups in total. The molecule has 0 saturated heterocycles. The zero-order valence-electron chi connectivity index (χ0n) is 13.1. The van der Waals surface area contributed by atoms with E-state index in [-0.39, 0.29) is 6.10 Å². The number of hydrogen-bond acceptors (Lipinski definition) is 3. The molecule has 4 nitrogen and oxygen atoms in total. The van der Waals surface area contributed by atoms with Gasteiger partial charge in [0, 0.05) is 18.5 Å². The van der Waals surface area contributed by atoms with Crippen LogP contribution in [-0.4, -0.2) is 25.6 Å². The number of aliphatic hydroxyl groups is 1. The molecule has 0 amide bonds. The molecule has 2 aliphatic carbocycles. The monoisotopic (exact) mass is 297 g/mol. The number of allylic oxidation sites excluding steroid dienone is 1. The minimum atomic E-state index is -0.325.